The Labute approximate surface area is 82.7 Å². The van der Waals surface area contributed by atoms with E-state index in [1.807, 2.05) is 7.05 Å². The number of hydrogen-bond acceptors (Lipinski definition) is 2. The van der Waals surface area contributed by atoms with E-state index >= 15 is 0 Å². The summed E-state index contributed by atoms with van der Waals surface area (Å²) < 4.78 is 0. The van der Waals surface area contributed by atoms with Crippen molar-refractivity contribution < 1.29 is 5.11 Å². The largest absolute Gasteiger partial charge is 0.394 e. The molecule has 0 radical (unpaired) electrons. The van der Waals surface area contributed by atoms with Crippen LogP contribution in [0.3, 0.4) is 0 Å². The molecular formula is C11H25NO. The fourth-order valence-corrected chi connectivity index (χ4v) is 2.06. The van der Waals surface area contributed by atoms with E-state index in [0.29, 0.717) is 11.8 Å². The molecule has 0 spiro atoms. The van der Waals surface area contributed by atoms with Crippen molar-refractivity contribution in [2.45, 2.75) is 46.1 Å². The summed E-state index contributed by atoms with van der Waals surface area (Å²) in [7, 11) is 1.95. The summed E-state index contributed by atoms with van der Waals surface area (Å²) in [5.41, 5.74) is -0.0671. The lowest BCUT2D eigenvalue weighted by Gasteiger charge is -2.35. The molecule has 0 unspecified atom stereocenters. The second-order valence-electron chi connectivity index (χ2n) is 4.88. The Kier molecular flexibility index (Phi) is 5.57. The van der Waals surface area contributed by atoms with Crippen LogP contribution < -0.4 is 5.32 Å². The average molecular weight is 187 g/mol. The molecule has 2 nitrogen and oxygen atoms in total. The molecule has 0 atom stereocenters. The molecule has 0 saturated carbocycles. The van der Waals surface area contributed by atoms with Crippen molar-refractivity contribution >= 4 is 0 Å². The fraction of sp³-hybridized carbons (Fsp3) is 1.00. The van der Waals surface area contributed by atoms with Crippen LogP contribution >= 0.6 is 0 Å². The first-order valence-electron chi connectivity index (χ1n) is 5.25. The van der Waals surface area contributed by atoms with Gasteiger partial charge in [-0.25, -0.2) is 0 Å². The standard InChI is InChI=1S/C11H25NO/c1-9(2)6-11(8-13,12-5)7-10(3)4/h9-10,12-13H,6-8H2,1-5H3. The lowest BCUT2D eigenvalue weighted by atomic mass is 9.82. The molecular weight excluding hydrogens is 162 g/mol. The van der Waals surface area contributed by atoms with Gasteiger partial charge in [-0.1, -0.05) is 27.7 Å². The maximum Gasteiger partial charge on any atom is 0.0613 e. The van der Waals surface area contributed by atoms with E-state index in [4.69, 9.17) is 0 Å². The molecule has 0 aliphatic heterocycles. The van der Waals surface area contributed by atoms with Gasteiger partial charge >= 0.3 is 0 Å². The second kappa shape index (κ2) is 5.61. The summed E-state index contributed by atoms with van der Waals surface area (Å²) >= 11 is 0. The van der Waals surface area contributed by atoms with Gasteiger partial charge in [-0.15, -0.1) is 0 Å². The molecule has 0 aliphatic carbocycles. The predicted octanol–water partition coefficient (Wildman–Crippen LogP) is 2.03. The highest BCUT2D eigenvalue weighted by Crippen LogP contribution is 2.23. The van der Waals surface area contributed by atoms with Crippen LogP contribution in [0.25, 0.3) is 0 Å². The van der Waals surface area contributed by atoms with Gasteiger partial charge in [0.2, 0.25) is 0 Å². The van der Waals surface area contributed by atoms with Crippen LogP contribution in [0.15, 0.2) is 0 Å². The van der Waals surface area contributed by atoms with Crippen molar-refractivity contribution in [2.24, 2.45) is 11.8 Å². The third kappa shape index (κ3) is 4.63. The first kappa shape index (κ1) is 12.9. The molecule has 0 bridgehead atoms. The number of nitrogens with one attached hydrogen (secondary N) is 1. The van der Waals surface area contributed by atoms with Crippen LogP contribution in [0.4, 0.5) is 0 Å². The summed E-state index contributed by atoms with van der Waals surface area (Å²) in [6, 6.07) is 0. The highest BCUT2D eigenvalue weighted by Gasteiger charge is 2.28. The number of likely N-dealkylation sites (N-methyl/N-ethyl adjacent to an activating group) is 1. The maximum atomic E-state index is 9.41. The first-order chi connectivity index (χ1) is 5.95. The van der Waals surface area contributed by atoms with Crippen molar-refractivity contribution in [3.8, 4) is 0 Å². The number of aliphatic hydroxyl groups is 1. The Bertz CT molecular complexity index is 116. The van der Waals surface area contributed by atoms with Gasteiger partial charge in [-0.3, -0.25) is 0 Å². The van der Waals surface area contributed by atoms with Crippen LogP contribution in [0.1, 0.15) is 40.5 Å². The molecule has 0 saturated heterocycles. The number of hydrogen-bond donors (Lipinski definition) is 2. The molecule has 0 aromatic carbocycles. The zero-order valence-electron chi connectivity index (χ0n) is 9.72. The minimum atomic E-state index is -0.0671. The van der Waals surface area contributed by atoms with E-state index in [1.165, 1.54) is 0 Å². The molecule has 0 rings (SSSR count). The van der Waals surface area contributed by atoms with Gasteiger partial charge in [0.05, 0.1) is 6.61 Å². The highest BCUT2D eigenvalue weighted by molar-refractivity contribution is 4.87. The smallest absolute Gasteiger partial charge is 0.0613 e. The molecule has 80 valence electrons. The van der Waals surface area contributed by atoms with Crippen molar-refractivity contribution in [3.05, 3.63) is 0 Å². The van der Waals surface area contributed by atoms with E-state index in [1.54, 1.807) is 0 Å². The van der Waals surface area contributed by atoms with Crippen LogP contribution in [-0.2, 0) is 0 Å². The third-order valence-electron chi connectivity index (χ3n) is 2.43. The number of rotatable bonds is 6. The van der Waals surface area contributed by atoms with Crippen LogP contribution in [-0.4, -0.2) is 24.3 Å². The molecule has 13 heavy (non-hydrogen) atoms. The molecule has 0 aromatic heterocycles. The summed E-state index contributed by atoms with van der Waals surface area (Å²) in [6.45, 7) is 9.02. The van der Waals surface area contributed by atoms with E-state index in [0.717, 1.165) is 12.8 Å². The van der Waals surface area contributed by atoms with Gasteiger partial charge < -0.3 is 10.4 Å². The molecule has 0 heterocycles. The Hall–Kier alpha value is -0.0800. The van der Waals surface area contributed by atoms with E-state index in [-0.39, 0.29) is 12.1 Å². The molecule has 0 aliphatic rings. The van der Waals surface area contributed by atoms with E-state index in [2.05, 4.69) is 33.0 Å². The van der Waals surface area contributed by atoms with Gasteiger partial charge in [0, 0.05) is 5.54 Å². The Balaban J connectivity index is 4.30. The first-order valence-corrected chi connectivity index (χ1v) is 5.25. The normalized spacial score (nSPS) is 12.9. The van der Waals surface area contributed by atoms with Gasteiger partial charge in [-0.2, -0.15) is 0 Å². The van der Waals surface area contributed by atoms with Crippen molar-refractivity contribution in [1.82, 2.24) is 5.32 Å². The monoisotopic (exact) mass is 187 g/mol. The SMILES string of the molecule is CNC(CO)(CC(C)C)CC(C)C. The summed E-state index contributed by atoms with van der Waals surface area (Å²) in [4.78, 5) is 0. The third-order valence-corrected chi connectivity index (χ3v) is 2.43. The average Bonchev–Trinajstić information content (AvgIpc) is 2.01. The lowest BCUT2D eigenvalue weighted by Crippen LogP contribution is -2.48. The van der Waals surface area contributed by atoms with Gasteiger partial charge in [0.25, 0.3) is 0 Å². The number of aliphatic hydroxyl groups excluding tert-OH is 1. The zero-order chi connectivity index (χ0) is 10.5. The molecule has 0 fully saturated rings. The zero-order valence-corrected chi connectivity index (χ0v) is 9.72. The van der Waals surface area contributed by atoms with Gasteiger partial charge in [0.15, 0.2) is 0 Å². The summed E-state index contributed by atoms with van der Waals surface area (Å²) in [6.07, 6.45) is 2.08. The second-order valence-corrected chi connectivity index (χ2v) is 4.88. The lowest BCUT2D eigenvalue weighted by molar-refractivity contribution is 0.124. The van der Waals surface area contributed by atoms with Crippen LogP contribution in [0, 0.1) is 11.8 Å². The minimum absolute atomic E-state index is 0.0671. The quantitative estimate of drug-likeness (QED) is 0.667. The van der Waals surface area contributed by atoms with E-state index in [9.17, 15) is 5.11 Å². The topological polar surface area (TPSA) is 32.3 Å². The van der Waals surface area contributed by atoms with Gasteiger partial charge in [0.1, 0.15) is 0 Å². The van der Waals surface area contributed by atoms with Crippen LogP contribution in [0.5, 0.6) is 0 Å². The van der Waals surface area contributed by atoms with Crippen molar-refractivity contribution in [2.75, 3.05) is 13.7 Å². The predicted molar refractivity (Wildman–Crippen MR) is 57.8 cm³/mol. The summed E-state index contributed by atoms with van der Waals surface area (Å²) in [5, 5.41) is 12.7. The summed E-state index contributed by atoms with van der Waals surface area (Å²) in [5.74, 6) is 1.25. The van der Waals surface area contributed by atoms with Crippen molar-refractivity contribution in [1.29, 1.82) is 0 Å². The Morgan fingerprint density at radius 2 is 1.46 bits per heavy atom. The molecule has 2 N–H and O–H groups in total. The highest BCUT2D eigenvalue weighted by atomic mass is 16.3. The van der Waals surface area contributed by atoms with Gasteiger partial charge in [-0.05, 0) is 31.7 Å². The Morgan fingerprint density at radius 3 is 1.62 bits per heavy atom. The molecule has 0 aromatic rings. The fourth-order valence-electron chi connectivity index (χ4n) is 2.06. The maximum absolute atomic E-state index is 9.41. The molecule has 2 heteroatoms. The van der Waals surface area contributed by atoms with Crippen molar-refractivity contribution in [3.63, 3.8) is 0 Å². The van der Waals surface area contributed by atoms with Crippen LogP contribution in [0.2, 0.25) is 0 Å². The molecule has 0 amide bonds. The Morgan fingerprint density at radius 1 is 1.08 bits per heavy atom. The minimum Gasteiger partial charge on any atom is -0.394 e. The van der Waals surface area contributed by atoms with E-state index < -0.39 is 0 Å².